The Balaban J connectivity index is 1.52. The van der Waals surface area contributed by atoms with Crippen LogP contribution in [-0.4, -0.2) is 85.5 Å². The maximum Gasteiger partial charge on any atom is 0.243 e. The molecule has 1 aromatic carbocycles. The number of methoxy groups -OCH3 is 3. The largest absolute Gasteiger partial charge is 0.494 e. The second-order valence-corrected chi connectivity index (χ2v) is 11.2. The minimum Gasteiger partial charge on any atom is -0.494 e. The second-order valence-electron chi connectivity index (χ2n) is 9.20. The summed E-state index contributed by atoms with van der Waals surface area (Å²) in [5, 5.41) is 7.60. The van der Waals surface area contributed by atoms with Gasteiger partial charge in [0.2, 0.25) is 21.9 Å². The first kappa shape index (κ1) is 27.0. The van der Waals surface area contributed by atoms with Crippen LogP contribution >= 0.6 is 0 Å². The van der Waals surface area contributed by atoms with Gasteiger partial charge in [-0.3, -0.25) is 9.29 Å². The van der Waals surface area contributed by atoms with Crippen LogP contribution < -0.4 is 19.1 Å². The van der Waals surface area contributed by atoms with Gasteiger partial charge in [-0.05, 0) is 31.4 Å². The van der Waals surface area contributed by atoms with Crippen molar-refractivity contribution in [2.75, 3.05) is 50.6 Å². The Kier molecular flexibility index (Phi) is 7.81. The molecule has 2 aliphatic rings. The molecule has 0 spiro atoms. The summed E-state index contributed by atoms with van der Waals surface area (Å²) < 4.78 is 67.8. The first-order valence-electron chi connectivity index (χ1n) is 12.4. The number of piperidine rings is 1. The van der Waals surface area contributed by atoms with E-state index in [2.05, 4.69) is 24.9 Å². The van der Waals surface area contributed by atoms with Gasteiger partial charge in [-0.1, -0.05) is 6.07 Å². The average molecular weight is 564 g/mol. The summed E-state index contributed by atoms with van der Waals surface area (Å²) in [6, 6.07) is 5.24. The Bertz CT molecular complexity index is 1380. The van der Waals surface area contributed by atoms with Crippen molar-refractivity contribution in [2.24, 2.45) is 0 Å². The molecular weight excluding hydrogens is 533 g/mol. The quantitative estimate of drug-likeness (QED) is 0.409. The standard InChI is InChI=1S/C24H30FN7O6S/c1-35-16-10-17(14-31(13-16)23-26-11-15(25)12-27-23)39(33,34)30-24-29-28-22(20-8-5-9-38-20)32(24)21-18(36-2)6-4-7-19(21)37-3/h4,6-7,11-12,16-17,20H,5,8-10,13-14H2,1-3H3,(H,29,30)/t16-,17+,20-/m0/s1. The number of hydrogen-bond donors (Lipinski definition) is 1. The second kappa shape index (κ2) is 11.3. The van der Waals surface area contributed by atoms with Crippen molar-refractivity contribution in [2.45, 2.75) is 36.7 Å². The van der Waals surface area contributed by atoms with Crippen LogP contribution in [0.5, 0.6) is 11.5 Å². The summed E-state index contributed by atoms with van der Waals surface area (Å²) in [7, 11) is 0.476. The highest BCUT2D eigenvalue weighted by Gasteiger charge is 2.38. The van der Waals surface area contributed by atoms with Crippen LogP contribution in [0, 0.1) is 5.82 Å². The van der Waals surface area contributed by atoms with Crippen LogP contribution in [0.2, 0.25) is 0 Å². The molecule has 0 amide bonds. The third-order valence-corrected chi connectivity index (χ3v) is 8.49. The third-order valence-electron chi connectivity index (χ3n) is 6.80. The van der Waals surface area contributed by atoms with E-state index in [0.29, 0.717) is 42.6 Å². The van der Waals surface area contributed by atoms with Crippen LogP contribution in [0.15, 0.2) is 30.6 Å². The molecule has 1 N–H and O–H groups in total. The highest BCUT2D eigenvalue weighted by atomic mass is 32.2. The molecule has 2 saturated heterocycles. The van der Waals surface area contributed by atoms with Crippen molar-refractivity contribution in [1.29, 1.82) is 0 Å². The lowest BCUT2D eigenvalue weighted by atomic mass is 10.1. The van der Waals surface area contributed by atoms with Gasteiger partial charge in [-0.2, -0.15) is 0 Å². The number of benzene rings is 1. The SMILES string of the molecule is COc1cccc(OC)c1-n1c(NS(=O)(=O)[C@@H]2C[C@H](OC)CN(c3ncc(F)cn3)C2)nnc1[C@@H]1CCCO1. The average Bonchev–Trinajstić information content (AvgIpc) is 3.62. The Morgan fingerprint density at radius 2 is 1.79 bits per heavy atom. The zero-order valence-corrected chi connectivity index (χ0v) is 22.6. The normalized spacial score (nSPS) is 21.6. The van der Waals surface area contributed by atoms with Crippen molar-refractivity contribution >= 4 is 21.9 Å². The topological polar surface area (TPSA) is 143 Å². The zero-order valence-electron chi connectivity index (χ0n) is 21.8. The number of aromatic nitrogens is 5. The Morgan fingerprint density at radius 1 is 1.08 bits per heavy atom. The number of ether oxygens (including phenoxy) is 4. The van der Waals surface area contributed by atoms with Gasteiger partial charge in [0, 0.05) is 26.8 Å². The summed E-state index contributed by atoms with van der Waals surface area (Å²) in [6.45, 7) is 0.973. The number of nitrogens with one attached hydrogen (secondary N) is 1. The van der Waals surface area contributed by atoms with E-state index in [1.807, 2.05) is 0 Å². The highest BCUT2D eigenvalue weighted by molar-refractivity contribution is 7.93. The zero-order chi connectivity index (χ0) is 27.6. The van der Waals surface area contributed by atoms with E-state index in [1.165, 1.54) is 21.3 Å². The van der Waals surface area contributed by atoms with Crippen molar-refractivity contribution in [3.05, 3.63) is 42.2 Å². The Morgan fingerprint density at radius 3 is 2.41 bits per heavy atom. The number of nitrogens with zero attached hydrogens (tertiary/aromatic N) is 6. The molecule has 0 unspecified atom stereocenters. The summed E-state index contributed by atoms with van der Waals surface area (Å²) in [6.07, 6.45) is 3.02. The van der Waals surface area contributed by atoms with Gasteiger partial charge < -0.3 is 23.8 Å². The van der Waals surface area contributed by atoms with Crippen LogP contribution in [0.4, 0.5) is 16.3 Å². The predicted molar refractivity (Wildman–Crippen MR) is 138 cm³/mol. The van der Waals surface area contributed by atoms with Crippen LogP contribution in [0.1, 0.15) is 31.2 Å². The summed E-state index contributed by atoms with van der Waals surface area (Å²) >= 11 is 0. The van der Waals surface area contributed by atoms with Gasteiger partial charge in [0.15, 0.2) is 11.6 Å². The molecule has 0 aliphatic carbocycles. The van der Waals surface area contributed by atoms with Crippen molar-refractivity contribution in [3.8, 4) is 17.2 Å². The number of sulfonamides is 1. The lowest BCUT2D eigenvalue weighted by Crippen LogP contribution is -2.51. The van der Waals surface area contributed by atoms with Gasteiger partial charge in [0.25, 0.3) is 0 Å². The van der Waals surface area contributed by atoms with E-state index in [4.69, 9.17) is 18.9 Å². The lowest BCUT2D eigenvalue weighted by molar-refractivity contribution is 0.0898. The predicted octanol–water partition coefficient (Wildman–Crippen LogP) is 2.10. The molecule has 210 valence electrons. The molecule has 3 aromatic rings. The van der Waals surface area contributed by atoms with E-state index in [0.717, 1.165) is 18.8 Å². The van der Waals surface area contributed by atoms with E-state index in [-0.39, 0.29) is 31.0 Å². The first-order chi connectivity index (χ1) is 18.8. The minimum atomic E-state index is -4.06. The number of rotatable bonds is 9. The van der Waals surface area contributed by atoms with Crippen molar-refractivity contribution in [3.63, 3.8) is 0 Å². The van der Waals surface area contributed by atoms with Gasteiger partial charge >= 0.3 is 0 Å². The molecule has 3 atom stereocenters. The maximum absolute atomic E-state index is 13.8. The number of hydrogen-bond acceptors (Lipinski definition) is 11. The van der Waals surface area contributed by atoms with Crippen molar-refractivity contribution < 1.29 is 31.8 Å². The minimum absolute atomic E-state index is 0.0348. The molecule has 39 heavy (non-hydrogen) atoms. The monoisotopic (exact) mass is 563 g/mol. The molecule has 2 fully saturated rings. The van der Waals surface area contributed by atoms with Crippen molar-refractivity contribution in [1.82, 2.24) is 24.7 Å². The molecule has 2 aliphatic heterocycles. The van der Waals surface area contributed by atoms with Gasteiger partial charge in [0.1, 0.15) is 28.5 Å². The molecule has 2 aromatic heterocycles. The third kappa shape index (κ3) is 5.46. The van der Waals surface area contributed by atoms with Gasteiger partial charge in [-0.15, -0.1) is 10.2 Å². The van der Waals surface area contributed by atoms with Crippen LogP contribution in [0.25, 0.3) is 5.69 Å². The molecule has 0 saturated carbocycles. The Labute approximate surface area is 225 Å². The molecule has 15 heteroatoms. The molecule has 0 radical (unpaired) electrons. The van der Waals surface area contributed by atoms with E-state index >= 15 is 0 Å². The molecule has 5 rings (SSSR count). The fourth-order valence-electron chi connectivity index (χ4n) is 4.87. The van der Waals surface area contributed by atoms with Gasteiger partial charge in [-0.25, -0.2) is 22.8 Å². The number of halogens is 1. The molecule has 4 heterocycles. The van der Waals surface area contributed by atoms with Crippen LogP contribution in [0.3, 0.4) is 0 Å². The fraction of sp³-hybridized carbons (Fsp3) is 0.500. The number of anilines is 2. The Hall–Kier alpha value is -3.56. The van der Waals surface area contributed by atoms with E-state index in [1.54, 1.807) is 27.7 Å². The first-order valence-corrected chi connectivity index (χ1v) is 13.9. The molecule has 13 nitrogen and oxygen atoms in total. The van der Waals surface area contributed by atoms with Crippen LogP contribution in [-0.2, 0) is 19.5 Å². The summed E-state index contributed by atoms with van der Waals surface area (Å²) in [4.78, 5) is 9.68. The number of para-hydroxylation sites is 1. The van der Waals surface area contributed by atoms with E-state index < -0.39 is 27.2 Å². The highest BCUT2D eigenvalue weighted by Crippen LogP contribution is 2.39. The maximum atomic E-state index is 13.8. The fourth-order valence-corrected chi connectivity index (χ4v) is 6.27. The summed E-state index contributed by atoms with van der Waals surface area (Å²) in [5.74, 6) is 0.885. The molecule has 0 bridgehead atoms. The van der Waals surface area contributed by atoms with Gasteiger partial charge in [0.05, 0.1) is 32.7 Å². The smallest absolute Gasteiger partial charge is 0.243 e. The van der Waals surface area contributed by atoms with E-state index in [9.17, 15) is 12.8 Å². The molecular formula is C24H30FN7O6S. The summed E-state index contributed by atoms with van der Waals surface area (Å²) in [5.41, 5.74) is 0.440. The lowest BCUT2D eigenvalue weighted by Gasteiger charge is -2.36.